The standard InChI is InChI=1S/C9H11N2S/c10-9(11)8(12)6-7-4-2-1-3-5-7/h2-5,8,12H,6H2,(H3,10,11). The van der Waals surface area contributed by atoms with Crippen molar-refractivity contribution in [3.8, 4) is 0 Å². The van der Waals surface area contributed by atoms with Crippen molar-refractivity contribution in [1.82, 2.24) is 0 Å². The quantitative estimate of drug-likeness (QED) is 0.365. The number of rotatable bonds is 3. The maximum absolute atomic E-state index is 7.14. The number of benzene rings is 1. The molecule has 0 spiro atoms. The van der Waals surface area contributed by atoms with Crippen molar-refractivity contribution in [2.24, 2.45) is 5.73 Å². The van der Waals surface area contributed by atoms with Gasteiger partial charge in [-0.15, -0.1) is 0 Å². The molecular formula is C9H11N2S. The Morgan fingerprint density at radius 2 is 2.17 bits per heavy atom. The molecule has 1 radical (unpaired) electrons. The highest BCUT2D eigenvalue weighted by Gasteiger charge is 2.06. The molecule has 0 aromatic heterocycles. The molecule has 0 aliphatic rings. The summed E-state index contributed by atoms with van der Waals surface area (Å²) in [6, 6.07) is 10.5. The first-order chi connectivity index (χ1) is 5.70. The van der Waals surface area contributed by atoms with Gasteiger partial charge < -0.3 is 5.73 Å². The van der Waals surface area contributed by atoms with Crippen molar-refractivity contribution < 1.29 is 0 Å². The highest BCUT2D eigenvalue weighted by atomic mass is 32.1. The average molecular weight is 179 g/mol. The maximum atomic E-state index is 7.14. The van der Waals surface area contributed by atoms with Crippen molar-refractivity contribution in [3.05, 3.63) is 35.9 Å². The van der Waals surface area contributed by atoms with Gasteiger partial charge in [-0.05, 0) is 18.1 Å². The highest BCUT2D eigenvalue weighted by Crippen LogP contribution is 2.06. The second-order valence-corrected chi connectivity index (χ2v) is 3.21. The lowest BCUT2D eigenvalue weighted by molar-refractivity contribution is 1.04. The molecule has 63 valence electrons. The normalized spacial score (nSPS) is 12.4. The number of hydrogen-bond acceptors (Lipinski definition) is 2. The fourth-order valence-corrected chi connectivity index (χ4v) is 1.10. The Kier molecular flexibility index (Phi) is 3.17. The summed E-state index contributed by atoms with van der Waals surface area (Å²) in [6.45, 7) is 0. The monoisotopic (exact) mass is 179 g/mol. The van der Waals surface area contributed by atoms with Crippen LogP contribution in [0.5, 0.6) is 0 Å². The van der Waals surface area contributed by atoms with Gasteiger partial charge in [0.25, 0.3) is 0 Å². The van der Waals surface area contributed by atoms with Crippen molar-refractivity contribution in [2.45, 2.75) is 11.7 Å². The molecule has 0 amide bonds. The van der Waals surface area contributed by atoms with Crippen LogP contribution in [-0.2, 0) is 6.42 Å². The molecule has 0 aliphatic heterocycles. The summed E-state index contributed by atoms with van der Waals surface area (Å²) in [6.07, 6.45) is 0.702. The highest BCUT2D eigenvalue weighted by molar-refractivity contribution is 7.81. The Bertz CT molecular complexity index is 258. The van der Waals surface area contributed by atoms with E-state index in [1.54, 1.807) is 0 Å². The molecule has 0 fully saturated rings. The Morgan fingerprint density at radius 3 is 2.67 bits per heavy atom. The third kappa shape index (κ3) is 2.58. The van der Waals surface area contributed by atoms with Crippen LogP contribution in [-0.4, -0.2) is 11.1 Å². The summed E-state index contributed by atoms with van der Waals surface area (Å²) in [7, 11) is 0. The molecule has 12 heavy (non-hydrogen) atoms. The van der Waals surface area contributed by atoms with Gasteiger partial charge in [-0.1, -0.05) is 24.3 Å². The maximum Gasteiger partial charge on any atom is 0.104 e. The molecule has 3 N–H and O–H groups in total. The van der Waals surface area contributed by atoms with E-state index in [4.69, 9.17) is 11.1 Å². The van der Waals surface area contributed by atoms with Gasteiger partial charge in [-0.3, -0.25) is 5.41 Å². The van der Waals surface area contributed by atoms with Crippen molar-refractivity contribution >= 4 is 18.5 Å². The summed E-state index contributed by atoms with van der Waals surface area (Å²) < 4.78 is 0. The van der Waals surface area contributed by atoms with E-state index in [1.807, 2.05) is 24.3 Å². The number of nitrogens with two attached hydrogens (primary N) is 1. The predicted octanol–water partition coefficient (Wildman–Crippen LogP) is 1.26. The first-order valence-corrected chi connectivity index (χ1v) is 4.19. The first kappa shape index (κ1) is 9.13. The largest absolute Gasteiger partial charge is 0.387 e. The van der Waals surface area contributed by atoms with E-state index >= 15 is 0 Å². The molecule has 0 aliphatic carbocycles. The zero-order valence-corrected chi connectivity index (χ0v) is 7.51. The predicted molar refractivity (Wildman–Crippen MR) is 53.7 cm³/mol. The first-order valence-electron chi connectivity index (χ1n) is 3.67. The van der Waals surface area contributed by atoms with E-state index in [0.717, 1.165) is 5.56 Å². The Hall–Kier alpha value is -0.960. The Labute approximate surface area is 77.7 Å². The van der Waals surface area contributed by atoms with E-state index in [0.29, 0.717) is 6.42 Å². The minimum Gasteiger partial charge on any atom is -0.387 e. The summed E-state index contributed by atoms with van der Waals surface area (Å²) >= 11 is 4.18. The molecule has 1 aromatic carbocycles. The van der Waals surface area contributed by atoms with Crippen LogP contribution in [0.15, 0.2) is 24.3 Å². The van der Waals surface area contributed by atoms with Crippen LogP contribution in [0.25, 0.3) is 0 Å². The van der Waals surface area contributed by atoms with Crippen molar-refractivity contribution in [1.29, 1.82) is 5.41 Å². The van der Waals surface area contributed by atoms with Crippen LogP contribution in [0.4, 0.5) is 0 Å². The second kappa shape index (κ2) is 4.16. The SMILES string of the molecule is N=C(N)C(S)Cc1cc[c]cc1. The zero-order valence-electron chi connectivity index (χ0n) is 6.62. The van der Waals surface area contributed by atoms with E-state index in [9.17, 15) is 0 Å². The molecule has 1 aromatic rings. The summed E-state index contributed by atoms with van der Waals surface area (Å²) in [5.74, 6) is 0.117. The third-order valence-corrected chi connectivity index (χ3v) is 2.04. The van der Waals surface area contributed by atoms with Crippen LogP contribution < -0.4 is 5.73 Å². The molecule has 1 unspecified atom stereocenters. The lowest BCUT2D eigenvalue weighted by Gasteiger charge is -2.07. The van der Waals surface area contributed by atoms with Crippen molar-refractivity contribution in [2.75, 3.05) is 0 Å². The smallest absolute Gasteiger partial charge is 0.104 e. The number of amidine groups is 1. The lowest BCUT2D eigenvalue weighted by atomic mass is 10.1. The molecule has 0 heterocycles. The number of hydrogen-bond donors (Lipinski definition) is 3. The number of thiol groups is 1. The Balaban J connectivity index is 2.58. The fraction of sp³-hybridized carbons (Fsp3) is 0.222. The Morgan fingerprint density at radius 1 is 1.58 bits per heavy atom. The molecular weight excluding hydrogens is 168 g/mol. The molecule has 2 nitrogen and oxygen atoms in total. The van der Waals surface area contributed by atoms with Crippen LogP contribution >= 0.6 is 12.6 Å². The average Bonchev–Trinajstić information content (AvgIpc) is 2.06. The third-order valence-electron chi connectivity index (χ3n) is 1.58. The molecule has 1 atom stereocenters. The van der Waals surface area contributed by atoms with Crippen LogP contribution in [0, 0.1) is 11.5 Å². The van der Waals surface area contributed by atoms with E-state index < -0.39 is 0 Å². The van der Waals surface area contributed by atoms with Crippen molar-refractivity contribution in [3.63, 3.8) is 0 Å². The molecule has 0 bridgehead atoms. The van der Waals surface area contributed by atoms with Crippen LogP contribution in [0.2, 0.25) is 0 Å². The summed E-state index contributed by atoms with van der Waals surface area (Å²) in [5.41, 5.74) is 6.41. The molecule has 0 saturated carbocycles. The second-order valence-electron chi connectivity index (χ2n) is 2.58. The molecule has 3 heteroatoms. The van der Waals surface area contributed by atoms with Gasteiger partial charge in [0, 0.05) is 0 Å². The minimum atomic E-state index is -0.174. The van der Waals surface area contributed by atoms with Crippen LogP contribution in [0.1, 0.15) is 5.56 Å². The van der Waals surface area contributed by atoms with Crippen LogP contribution in [0.3, 0.4) is 0 Å². The summed E-state index contributed by atoms with van der Waals surface area (Å²) in [5, 5.41) is 6.97. The van der Waals surface area contributed by atoms with E-state index in [2.05, 4.69) is 18.7 Å². The molecule has 1 rings (SSSR count). The summed E-state index contributed by atoms with van der Waals surface area (Å²) in [4.78, 5) is 0. The fourth-order valence-electron chi connectivity index (χ4n) is 0.891. The van der Waals surface area contributed by atoms with Gasteiger partial charge in [-0.25, -0.2) is 0 Å². The van der Waals surface area contributed by atoms with E-state index in [-0.39, 0.29) is 11.1 Å². The zero-order chi connectivity index (χ0) is 8.97. The number of nitrogens with one attached hydrogen (secondary N) is 1. The topological polar surface area (TPSA) is 49.9 Å². The van der Waals surface area contributed by atoms with Gasteiger partial charge in [-0.2, -0.15) is 12.6 Å². The van der Waals surface area contributed by atoms with Gasteiger partial charge in [0.05, 0.1) is 5.25 Å². The van der Waals surface area contributed by atoms with Gasteiger partial charge in [0.2, 0.25) is 0 Å². The van der Waals surface area contributed by atoms with Gasteiger partial charge in [0.15, 0.2) is 0 Å². The van der Waals surface area contributed by atoms with Gasteiger partial charge >= 0.3 is 0 Å². The van der Waals surface area contributed by atoms with Gasteiger partial charge in [0.1, 0.15) is 5.84 Å². The van der Waals surface area contributed by atoms with E-state index in [1.165, 1.54) is 0 Å². The minimum absolute atomic E-state index is 0.117. The lowest BCUT2D eigenvalue weighted by Crippen LogP contribution is -2.24. The molecule has 0 saturated heterocycles.